The number of aliphatic hydroxyl groups excluding tert-OH is 4. The van der Waals surface area contributed by atoms with Crippen LogP contribution in [0.1, 0.15) is 162 Å². The molecular formula is C37H66O8. The molecule has 8 heteroatoms. The molecule has 3 rings (SSSR count). The Labute approximate surface area is 273 Å². The number of hydrogen-bond acceptors (Lipinski definition) is 8. The minimum Gasteiger partial charge on any atom is -0.455 e. The number of unbranched alkanes of at least 4 members (excludes halogenated alkanes) is 11. The van der Waals surface area contributed by atoms with Crippen LogP contribution in [0.25, 0.3) is 0 Å². The quantitative estimate of drug-likeness (QED) is 0.0634. The zero-order valence-corrected chi connectivity index (χ0v) is 28.5. The van der Waals surface area contributed by atoms with Gasteiger partial charge in [-0.2, -0.15) is 0 Å². The molecule has 45 heavy (non-hydrogen) atoms. The molecule has 3 aliphatic rings. The van der Waals surface area contributed by atoms with Crippen LogP contribution in [0.2, 0.25) is 0 Å². The average Bonchev–Trinajstić information content (AvgIpc) is 3.77. The first kappa shape index (κ1) is 38.4. The largest absolute Gasteiger partial charge is 0.455 e. The van der Waals surface area contributed by atoms with Crippen molar-refractivity contribution >= 4 is 5.97 Å². The van der Waals surface area contributed by atoms with Gasteiger partial charge in [0.2, 0.25) is 0 Å². The van der Waals surface area contributed by atoms with Crippen molar-refractivity contribution in [3.63, 3.8) is 0 Å². The molecule has 0 saturated carbocycles. The van der Waals surface area contributed by atoms with Gasteiger partial charge >= 0.3 is 5.97 Å². The summed E-state index contributed by atoms with van der Waals surface area (Å²) in [6.45, 7) is 4.03. The van der Waals surface area contributed by atoms with Crippen LogP contribution < -0.4 is 0 Å². The Morgan fingerprint density at radius 1 is 0.644 bits per heavy atom. The van der Waals surface area contributed by atoms with Gasteiger partial charge in [0.05, 0.1) is 48.8 Å². The van der Waals surface area contributed by atoms with Gasteiger partial charge in [0.25, 0.3) is 0 Å². The summed E-state index contributed by atoms with van der Waals surface area (Å²) in [4.78, 5) is 11.6. The first-order valence-electron chi connectivity index (χ1n) is 18.7. The molecule has 0 spiro atoms. The third-order valence-corrected chi connectivity index (χ3v) is 10.2. The van der Waals surface area contributed by atoms with Crippen LogP contribution in [-0.2, 0) is 19.0 Å². The fraction of sp³-hybridized carbons (Fsp3) is 0.919. The highest BCUT2D eigenvalue weighted by molar-refractivity contribution is 5.90. The van der Waals surface area contributed by atoms with Gasteiger partial charge in [0, 0.05) is 5.57 Å². The SMILES string of the molecule is CCCCC[C@@H](O)[C@H](O)CCC[C@H](O)[C@H]1CC[C@H]([C@H]2CC[C@H]([C@H](O)CCCCCCCCCCCCC3=C[C@H](C)OC3=O)O2)O1. The van der Waals surface area contributed by atoms with Crippen molar-refractivity contribution in [3.8, 4) is 0 Å². The number of carbonyl (C=O) groups is 1. The lowest BCUT2D eigenvalue weighted by Crippen LogP contribution is -2.33. The molecule has 3 heterocycles. The summed E-state index contributed by atoms with van der Waals surface area (Å²) in [5.74, 6) is -0.129. The lowest BCUT2D eigenvalue weighted by atomic mass is 9.98. The summed E-state index contributed by atoms with van der Waals surface area (Å²) in [6.07, 6.45) is 21.5. The zero-order valence-electron chi connectivity index (χ0n) is 28.5. The van der Waals surface area contributed by atoms with E-state index in [0.29, 0.717) is 25.7 Å². The third-order valence-electron chi connectivity index (χ3n) is 10.2. The molecule has 0 bridgehead atoms. The lowest BCUT2D eigenvalue weighted by Gasteiger charge is -2.24. The molecule has 0 aromatic rings. The zero-order chi connectivity index (χ0) is 32.4. The van der Waals surface area contributed by atoms with Crippen LogP contribution in [0.15, 0.2) is 11.6 Å². The first-order valence-corrected chi connectivity index (χ1v) is 18.7. The normalized spacial score (nSPS) is 27.8. The Morgan fingerprint density at radius 3 is 1.62 bits per heavy atom. The maximum atomic E-state index is 11.6. The average molecular weight is 639 g/mol. The van der Waals surface area contributed by atoms with Gasteiger partial charge in [-0.1, -0.05) is 84.0 Å². The van der Waals surface area contributed by atoms with Crippen molar-refractivity contribution < 1.29 is 39.4 Å². The van der Waals surface area contributed by atoms with Crippen molar-refractivity contribution in [3.05, 3.63) is 11.6 Å². The van der Waals surface area contributed by atoms with Crippen LogP contribution in [0.5, 0.6) is 0 Å². The van der Waals surface area contributed by atoms with Crippen molar-refractivity contribution in [2.75, 3.05) is 0 Å². The van der Waals surface area contributed by atoms with Crippen LogP contribution in [0.3, 0.4) is 0 Å². The van der Waals surface area contributed by atoms with Gasteiger partial charge in [-0.25, -0.2) is 4.79 Å². The Balaban J connectivity index is 1.14. The molecule has 0 aromatic carbocycles. The lowest BCUT2D eigenvalue weighted by molar-refractivity contribution is -0.139. The van der Waals surface area contributed by atoms with E-state index < -0.39 is 24.4 Å². The van der Waals surface area contributed by atoms with Crippen molar-refractivity contribution in [1.29, 1.82) is 0 Å². The summed E-state index contributed by atoms with van der Waals surface area (Å²) in [7, 11) is 0. The molecule has 0 radical (unpaired) electrons. The van der Waals surface area contributed by atoms with Crippen molar-refractivity contribution in [2.24, 2.45) is 0 Å². The maximum absolute atomic E-state index is 11.6. The van der Waals surface area contributed by atoms with E-state index in [-0.39, 0.29) is 36.5 Å². The molecule has 2 fully saturated rings. The second-order valence-electron chi connectivity index (χ2n) is 14.2. The number of ether oxygens (including phenoxy) is 3. The van der Waals surface area contributed by atoms with E-state index in [0.717, 1.165) is 82.6 Å². The highest BCUT2D eigenvalue weighted by atomic mass is 16.6. The number of esters is 1. The maximum Gasteiger partial charge on any atom is 0.334 e. The second kappa shape index (κ2) is 21.8. The monoisotopic (exact) mass is 638 g/mol. The topological polar surface area (TPSA) is 126 Å². The Bertz CT molecular complexity index is 833. The van der Waals surface area contributed by atoms with E-state index in [4.69, 9.17) is 14.2 Å². The summed E-state index contributed by atoms with van der Waals surface area (Å²) >= 11 is 0. The molecule has 0 aliphatic carbocycles. The molecule has 4 N–H and O–H groups in total. The van der Waals surface area contributed by atoms with Gasteiger partial charge in [-0.05, 0) is 83.6 Å². The molecule has 2 saturated heterocycles. The Morgan fingerprint density at radius 2 is 1.11 bits per heavy atom. The highest BCUT2D eigenvalue weighted by Gasteiger charge is 2.40. The van der Waals surface area contributed by atoms with Crippen molar-refractivity contribution in [2.45, 2.75) is 216 Å². The van der Waals surface area contributed by atoms with Crippen LogP contribution in [-0.4, -0.2) is 81.3 Å². The molecule has 262 valence electrons. The number of rotatable bonds is 25. The van der Waals surface area contributed by atoms with Gasteiger partial charge in [0.15, 0.2) is 0 Å². The smallest absolute Gasteiger partial charge is 0.334 e. The molecule has 8 nitrogen and oxygen atoms in total. The fourth-order valence-electron chi connectivity index (χ4n) is 7.29. The summed E-state index contributed by atoms with van der Waals surface area (Å²) < 4.78 is 17.6. The predicted octanol–water partition coefficient (Wildman–Crippen LogP) is 6.83. The van der Waals surface area contributed by atoms with Crippen molar-refractivity contribution in [1.82, 2.24) is 0 Å². The van der Waals surface area contributed by atoms with Gasteiger partial charge < -0.3 is 34.6 Å². The minimum absolute atomic E-state index is 0.0121. The number of carbonyl (C=O) groups excluding carboxylic acids is 1. The predicted molar refractivity (Wildman–Crippen MR) is 177 cm³/mol. The van der Waals surface area contributed by atoms with E-state index >= 15 is 0 Å². The van der Waals surface area contributed by atoms with Gasteiger partial charge in [-0.15, -0.1) is 0 Å². The molecule has 3 aliphatic heterocycles. The van der Waals surface area contributed by atoms with E-state index in [9.17, 15) is 25.2 Å². The Kier molecular flexibility index (Phi) is 18.6. The van der Waals surface area contributed by atoms with Crippen LogP contribution in [0, 0.1) is 0 Å². The van der Waals surface area contributed by atoms with Gasteiger partial charge in [0.1, 0.15) is 6.10 Å². The van der Waals surface area contributed by atoms with E-state index in [1.807, 2.05) is 13.0 Å². The molecular weight excluding hydrogens is 572 g/mol. The fourth-order valence-corrected chi connectivity index (χ4v) is 7.29. The van der Waals surface area contributed by atoms with Crippen LogP contribution in [0.4, 0.5) is 0 Å². The summed E-state index contributed by atoms with van der Waals surface area (Å²) in [5, 5.41) is 41.8. The minimum atomic E-state index is -0.729. The van der Waals surface area contributed by atoms with E-state index in [1.54, 1.807) is 0 Å². The highest BCUT2D eigenvalue weighted by Crippen LogP contribution is 2.34. The standard InChI is InChI=1S/C37H66O8/c1-3-4-13-18-29(38)30(39)20-16-21-32(41)34-23-25-36(45-34)35-24-22-33(44-35)31(40)19-15-12-10-8-6-5-7-9-11-14-17-28-26-27(2)43-37(28)42/h26-27,29-36,38-41H,3-25H2,1-2H3/t27-,29+,30+,31+,32-,33+,34+,35+,36+/m0/s1. The number of hydrogen-bond donors (Lipinski definition) is 4. The van der Waals surface area contributed by atoms with Crippen LogP contribution >= 0.6 is 0 Å². The summed E-state index contributed by atoms with van der Waals surface area (Å²) in [5.41, 5.74) is 0.857. The molecule has 0 unspecified atom stereocenters. The molecule has 0 aromatic heterocycles. The number of cyclic esters (lactones) is 1. The van der Waals surface area contributed by atoms with Gasteiger partial charge in [-0.3, -0.25) is 0 Å². The third kappa shape index (κ3) is 14.3. The van der Waals surface area contributed by atoms with E-state index in [2.05, 4.69) is 6.92 Å². The molecule has 0 amide bonds. The second-order valence-corrected chi connectivity index (χ2v) is 14.2. The Hall–Kier alpha value is -1.03. The first-order chi connectivity index (χ1) is 21.8. The molecule has 9 atom stereocenters. The van der Waals surface area contributed by atoms with E-state index in [1.165, 1.54) is 44.9 Å². The number of aliphatic hydroxyl groups is 4. The summed E-state index contributed by atoms with van der Waals surface area (Å²) in [6, 6.07) is 0.